The molecular formula is C7H12O5. The number of hydrogen-bond donors (Lipinski definition) is 2. The second-order valence-corrected chi connectivity index (χ2v) is 3.06. The number of ether oxygens (including phenoxy) is 3. The van der Waals surface area contributed by atoms with Gasteiger partial charge in [0.25, 0.3) is 0 Å². The first kappa shape index (κ1) is 8.40. The average Bonchev–Trinajstić information content (AvgIpc) is 2.55. The van der Waals surface area contributed by atoms with Crippen LogP contribution in [0.25, 0.3) is 0 Å². The predicted molar refractivity (Wildman–Crippen MR) is 37.4 cm³/mol. The summed E-state index contributed by atoms with van der Waals surface area (Å²) in [6, 6.07) is 0. The summed E-state index contributed by atoms with van der Waals surface area (Å²) in [5, 5.41) is 18.8. The van der Waals surface area contributed by atoms with Crippen LogP contribution in [0.5, 0.6) is 0 Å². The zero-order valence-corrected chi connectivity index (χ0v) is 6.71. The molecule has 0 bridgehead atoms. The van der Waals surface area contributed by atoms with Crippen molar-refractivity contribution in [2.24, 2.45) is 0 Å². The van der Waals surface area contributed by atoms with Crippen molar-refractivity contribution in [2.75, 3.05) is 13.7 Å². The molecule has 2 fully saturated rings. The lowest BCUT2D eigenvalue weighted by atomic mass is 10.1. The van der Waals surface area contributed by atoms with Crippen LogP contribution in [0.4, 0.5) is 0 Å². The highest BCUT2D eigenvalue weighted by Crippen LogP contribution is 2.31. The SMILES string of the molecule is COC1O[C@H]2[C@H](OC[C@H]2O)[C@H]1O. The molecule has 2 N–H and O–H groups in total. The Balaban J connectivity index is 2.08. The molecule has 12 heavy (non-hydrogen) atoms. The Labute approximate surface area is 69.8 Å². The van der Waals surface area contributed by atoms with Crippen molar-refractivity contribution in [2.45, 2.75) is 30.7 Å². The van der Waals surface area contributed by atoms with Crippen molar-refractivity contribution in [1.82, 2.24) is 0 Å². The Hall–Kier alpha value is -0.200. The fourth-order valence-electron chi connectivity index (χ4n) is 1.66. The number of fused-ring (bicyclic) bond motifs is 1. The van der Waals surface area contributed by atoms with Crippen molar-refractivity contribution in [3.63, 3.8) is 0 Å². The first-order valence-corrected chi connectivity index (χ1v) is 3.90. The van der Waals surface area contributed by atoms with E-state index in [2.05, 4.69) is 0 Å². The molecule has 0 aromatic rings. The maximum Gasteiger partial charge on any atom is 0.186 e. The molecule has 0 saturated carbocycles. The molecule has 2 saturated heterocycles. The lowest BCUT2D eigenvalue weighted by Gasteiger charge is -2.14. The molecule has 0 aromatic heterocycles. The minimum atomic E-state index is -0.794. The van der Waals surface area contributed by atoms with Gasteiger partial charge in [0.05, 0.1) is 6.61 Å². The van der Waals surface area contributed by atoms with Gasteiger partial charge in [-0.25, -0.2) is 0 Å². The third-order valence-corrected chi connectivity index (χ3v) is 2.30. The van der Waals surface area contributed by atoms with Gasteiger partial charge in [0.2, 0.25) is 0 Å². The second kappa shape index (κ2) is 2.93. The van der Waals surface area contributed by atoms with E-state index in [1.54, 1.807) is 0 Å². The monoisotopic (exact) mass is 176 g/mol. The van der Waals surface area contributed by atoms with E-state index in [-0.39, 0.29) is 6.61 Å². The van der Waals surface area contributed by atoms with Crippen molar-refractivity contribution >= 4 is 0 Å². The lowest BCUT2D eigenvalue weighted by Crippen LogP contribution is -2.32. The molecule has 0 aliphatic carbocycles. The van der Waals surface area contributed by atoms with E-state index in [4.69, 9.17) is 14.2 Å². The van der Waals surface area contributed by atoms with E-state index in [0.717, 1.165) is 0 Å². The molecule has 2 aliphatic rings. The Morgan fingerprint density at radius 1 is 1.33 bits per heavy atom. The fraction of sp³-hybridized carbons (Fsp3) is 1.00. The maximum atomic E-state index is 9.49. The van der Waals surface area contributed by atoms with Crippen molar-refractivity contribution in [3.05, 3.63) is 0 Å². The summed E-state index contributed by atoms with van der Waals surface area (Å²) in [6.45, 7) is 0.225. The van der Waals surface area contributed by atoms with E-state index in [9.17, 15) is 10.2 Å². The van der Waals surface area contributed by atoms with E-state index >= 15 is 0 Å². The number of methoxy groups -OCH3 is 1. The van der Waals surface area contributed by atoms with Gasteiger partial charge in [0.15, 0.2) is 6.29 Å². The molecule has 0 radical (unpaired) electrons. The predicted octanol–water partition coefficient (Wildman–Crippen LogP) is -1.52. The summed E-state index contributed by atoms with van der Waals surface area (Å²) in [7, 11) is 1.45. The summed E-state index contributed by atoms with van der Waals surface area (Å²) >= 11 is 0. The summed E-state index contributed by atoms with van der Waals surface area (Å²) in [4.78, 5) is 0. The van der Waals surface area contributed by atoms with Crippen LogP contribution in [0.3, 0.4) is 0 Å². The molecule has 70 valence electrons. The molecule has 5 atom stereocenters. The summed E-state index contributed by atoms with van der Waals surface area (Å²) < 4.78 is 15.2. The quantitative estimate of drug-likeness (QED) is 0.507. The van der Waals surface area contributed by atoms with Gasteiger partial charge in [-0.2, -0.15) is 0 Å². The Kier molecular flexibility index (Phi) is 2.05. The van der Waals surface area contributed by atoms with Gasteiger partial charge in [-0.15, -0.1) is 0 Å². The summed E-state index contributed by atoms with van der Waals surface area (Å²) in [5.74, 6) is 0. The molecule has 1 unspecified atom stereocenters. The van der Waals surface area contributed by atoms with Crippen LogP contribution >= 0.6 is 0 Å². The van der Waals surface area contributed by atoms with Gasteiger partial charge in [-0.1, -0.05) is 0 Å². The van der Waals surface area contributed by atoms with Gasteiger partial charge in [0, 0.05) is 7.11 Å². The summed E-state index contributed by atoms with van der Waals surface area (Å²) in [6.07, 6.45) is -2.99. The van der Waals surface area contributed by atoms with Crippen LogP contribution in [0.1, 0.15) is 0 Å². The van der Waals surface area contributed by atoms with Crippen molar-refractivity contribution < 1.29 is 24.4 Å². The van der Waals surface area contributed by atoms with E-state index < -0.39 is 30.7 Å². The van der Waals surface area contributed by atoms with Gasteiger partial charge in [-0.05, 0) is 0 Å². The third kappa shape index (κ3) is 1.06. The molecule has 2 heterocycles. The van der Waals surface area contributed by atoms with E-state index in [1.807, 2.05) is 0 Å². The topological polar surface area (TPSA) is 68.2 Å². The average molecular weight is 176 g/mol. The Bertz CT molecular complexity index is 173. The van der Waals surface area contributed by atoms with Gasteiger partial charge < -0.3 is 24.4 Å². The fourth-order valence-corrected chi connectivity index (χ4v) is 1.66. The molecule has 2 rings (SSSR count). The number of hydrogen-bond acceptors (Lipinski definition) is 5. The molecule has 2 aliphatic heterocycles. The number of rotatable bonds is 1. The van der Waals surface area contributed by atoms with Gasteiger partial charge in [-0.3, -0.25) is 0 Å². The lowest BCUT2D eigenvalue weighted by molar-refractivity contribution is -0.167. The number of aliphatic hydroxyl groups excluding tert-OH is 2. The van der Waals surface area contributed by atoms with Crippen LogP contribution in [0.2, 0.25) is 0 Å². The van der Waals surface area contributed by atoms with Crippen LogP contribution in [-0.4, -0.2) is 54.6 Å². The van der Waals surface area contributed by atoms with Gasteiger partial charge in [0.1, 0.15) is 24.4 Å². The zero-order chi connectivity index (χ0) is 8.72. The molecule has 0 aromatic carbocycles. The normalized spacial score (nSPS) is 52.8. The molecule has 0 amide bonds. The van der Waals surface area contributed by atoms with Crippen molar-refractivity contribution in [1.29, 1.82) is 0 Å². The maximum absolute atomic E-state index is 9.49. The van der Waals surface area contributed by atoms with Crippen molar-refractivity contribution in [3.8, 4) is 0 Å². The second-order valence-electron chi connectivity index (χ2n) is 3.06. The molecule has 5 heteroatoms. The minimum Gasteiger partial charge on any atom is -0.388 e. The minimum absolute atomic E-state index is 0.225. The smallest absolute Gasteiger partial charge is 0.186 e. The van der Waals surface area contributed by atoms with Crippen LogP contribution in [-0.2, 0) is 14.2 Å². The van der Waals surface area contributed by atoms with Crippen LogP contribution in [0, 0.1) is 0 Å². The summed E-state index contributed by atoms with van der Waals surface area (Å²) in [5.41, 5.74) is 0. The largest absolute Gasteiger partial charge is 0.388 e. The number of aliphatic hydroxyl groups is 2. The first-order valence-electron chi connectivity index (χ1n) is 3.90. The van der Waals surface area contributed by atoms with Gasteiger partial charge >= 0.3 is 0 Å². The highest BCUT2D eigenvalue weighted by Gasteiger charge is 2.51. The third-order valence-electron chi connectivity index (χ3n) is 2.30. The van der Waals surface area contributed by atoms with Crippen LogP contribution in [0.15, 0.2) is 0 Å². The highest BCUT2D eigenvalue weighted by molar-refractivity contribution is 4.96. The van der Waals surface area contributed by atoms with E-state index in [1.165, 1.54) is 7.11 Å². The first-order chi connectivity index (χ1) is 5.74. The highest BCUT2D eigenvalue weighted by atomic mass is 16.7. The van der Waals surface area contributed by atoms with E-state index in [0.29, 0.717) is 0 Å². The standard InChI is InChI=1S/C7H12O5/c1-10-7-4(9)6-5(12-7)3(8)2-11-6/h3-9H,2H2,1H3/t3-,4-,5-,6-,7?/m1/s1. The zero-order valence-electron chi connectivity index (χ0n) is 6.71. The van der Waals surface area contributed by atoms with Crippen LogP contribution < -0.4 is 0 Å². The molecule has 0 spiro atoms. The Morgan fingerprint density at radius 2 is 2.08 bits per heavy atom. The Morgan fingerprint density at radius 3 is 2.67 bits per heavy atom. The molecular weight excluding hydrogens is 164 g/mol. The molecule has 5 nitrogen and oxygen atoms in total.